The summed E-state index contributed by atoms with van der Waals surface area (Å²) in [7, 11) is -8.03. The van der Waals surface area contributed by atoms with Crippen molar-refractivity contribution in [3.8, 4) is 0 Å². The van der Waals surface area contributed by atoms with Gasteiger partial charge in [-0.05, 0) is 113 Å². The maximum Gasteiger partial charge on any atom is 0.422 e. The predicted octanol–water partition coefficient (Wildman–Crippen LogP) is 7.63. The fraction of sp³-hybridized carbons (Fsp3) is 0.872. The Morgan fingerprint density at radius 1 is 0.648 bits per heavy atom. The predicted molar refractivity (Wildman–Crippen MR) is 281 cm³/mol. The van der Waals surface area contributed by atoms with Crippen molar-refractivity contribution >= 4 is 62.6 Å². The van der Waals surface area contributed by atoms with Crippen molar-refractivity contribution in [2.75, 3.05) is 38.6 Å². The molecule has 4 atom stereocenters. The lowest BCUT2D eigenvalue weighted by molar-refractivity contribution is -0.192. The normalized spacial score (nSPS) is 13.5. The number of nitrogens with one attached hydrogen (secondary N) is 3. The van der Waals surface area contributed by atoms with Crippen molar-refractivity contribution in [3.63, 3.8) is 0 Å². The number of carbonyl (C=O) groups excluding carboxylic acids is 6. The van der Waals surface area contributed by atoms with E-state index in [1.165, 1.54) is 0 Å². The number of ether oxygens (including phenoxy) is 1. The first kappa shape index (κ1) is 79.2. The van der Waals surface area contributed by atoms with Crippen molar-refractivity contribution in [3.05, 3.63) is 0 Å². The number of halogens is 3. The summed E-state index contributed by atoms with van der Waals surface area (Å²) in [6.45, 7) is 39.1. The second-order valence-electron chi connectivity index (χ2n) is 20.5. The number of aliphatic hydroxyl groups is 1. The fourth-order valence-electron chi connectivity index (χ4n) is 4.18. The summed E-state index contributed by atoms with van der Waals surface area (Å²) in [4.78, 5) is 66.5. The molecule has 4 amide bonds. The average molecular weight is 1090 g/mol. The van der Waals surface area contributed by atoms with E-state index >= 15 is 0 Å². The Balaban J connectivity index is -0.000000182. The van der Waals surface area contributed by atoms with Crippen molar-refractivity contribution in [2.45, 2.75) is 194 Å². The van der Waals surface area contributed by atoms with Crippen LogP contribution in [0.15, 0.2) is 0 Å². The van der Waals surface area contributed by atoms with Gasteiger partial charge in [0, 0.05) is 43.3 Å². The molecule has 0 spiro atoms. The highest BCUT2D eigenvalue weighted by atomic mass is 32.2. The van der Waals surface area contributed by atoms with E-state index in [9.17, 15) is 50.4 Å². The largest absolute Gasteiger partial charge is 0.495 e. The summed E-state index contributed by atoms with van der Waals surface area (Å²) in [6, 6.07) is 0. The molecule has 4 unspecified atom stereocenters. The number of nitrogens with two attached hydrogens (primary N) is 2. The Kier molecular flexibility index (Phi) is 42.9. The minimum atomic E-state index is -4.44. The van der Waals surface area contributed by atoms with Crippen molar-refractivity contribution in [1.29, 1.82) is 0 Å². The van der Waals surface area contributed by atoms with Gasteiger partial charge in [-0.15, -0.1) is 0 Å². The SMILES string of the molecule is CCC(C)(C)C(=O)OCC(F)(F)F.CCC(C)(C)C(=O)O[Si](C)(C)O[Si](C)(C)C.CCC(C)C(=O)NC(C)(C)CS(=O)(=O)O.CCC(C)C(=O)NCCN.CCC(C)C(=O)NCCO.CCC(C)C(N)=O. The molecule has 0 radical (unpaired) electrons. The molecule has 0 saturated carbocycles. The van der Waals surface area contributed by atoms with Gasteiger partial charge in [0.15, 0.2) is 14.9 Å². The smallest absolute Gasteiger partial charge is 0.422 e. The molecule has 0 aliphatic rings. The van der Waals surface area contributed by atoms with Crippen LogP contribution in [-0.4, -0.2) is 121 Å². The summed E-state index contributed by atoms with van der Waals surface area (Å²) in [5.74, 6) is -1.65. The van der Waals surface area contributed by atoms with E-state index in [1.54, 1.807) is 41.5 Å². The van der Waals surface area contributed by atoms with Crippen LogP contribution in [0.4, 0.5) is 13.2 Å². The first-order chi connectivity index (χ1) is 31.8. The molecule has 0 rings (SSSR count). The monoisotopic (exact) mass is 1090 g/mol. The number of aliphatic hydroxyl groups excluding tert-OH is 1. The summed E-state index contributed by atoms with van der Waals surface area (Å²) in [5.41, 5.74) is 7.91. The lowest BCUT2D eigenvalue weighted by Gasteiger charge is -2.33. The van der Waals surface area contributed by atoms with E-state index in [0.717, 1.165) is 25.7 Å². The van der Waals surface area contributed by atoms with Crippen LogP contribution in [0.3, 0.4) is 0 Å². The van der Waals surface area contributed by atoms with Crippen molar-refractivity contribution in [1.82, 2.24) is 16.0 Å². The number of rotatable bonds is 23. The third-order valence-electron chi connectivity index (χ3n) is 10.3. The van der Waals surface area contributed by atoms with Crippen molar-refractivity contribution < 1.29 is 73.3 Å². The maximum atomic E-state index is 11.9. The van der Waals surface area contributed by atoms with Crippen LogP contribution in [0.5, 0.6) is 0 Å². The van der Waals surface area contributed by atoms with E-state index < -0.39 is 67.9 Å². The van der Waals surface area contributed by atoms with E-state index in [1.807, 2.05) is 82.3 Å². The van der Waals surface area contributed by atoms with E-state index in [2.05, 4.69) is 40.3 Å². The third kappa shape index (κ3) is 50.2. The van der Waals surface area contributed by atoms with Gasteiger partial charge in [-0.2, -0.15) is 21.6 Å². The van der Waals surface area contributed by atoms with E-state index in [0.29, 0.717) is 32.5 Å². The second-order valence-corrected chi connectivity index (χ2v) is 30.0. The highest BCUT2D eigenvalue weighted by Crippen LogP contribution is 2.26. The Labute approximate surface area is 428 Å². The molecule has 0 fully saturated rings. The molecule has 0 aromatic rings. The van der Waals surface area contributed by atoms with Crippen LogP contribution in [0.25, 0.3) is 0 Å². The number of carbonyl (C=O) groups is 6. The summed E-state index contributed by atoms with van der Waals surface area (Å²) < 4.78 is 80.6. The van der Waals surface area contributed by atoms with Crippen LogP contribution in [0.2, 0.25) is 32.7 Å². The molecular weight excluding hydrogens is 988 g/mol. The molecule has 9 N–H and O–H groups in total. The second kappa shape index (κ2) is 38.4. The Hall–Kier alpha value is -3.17. The Bertz CT molecular complexity index is 1610. The van der Waals surface area contributed by atoms with E-state index in [4.69, 9.17) is 29.7 Å². The number of primary amides is 1. The van der Waals surface area contributed by atoms with Crippen LogP contribution in [0, 0.1) is 34.5 Å². The molecule has 0 aromatic carbocycles. The van der Waals surface area contributed by atoms with Gasteiger partial charge in [-0.1, -0.05) is 69.2 Å². The highest BCUT2D eigenvalue weighted by Gasteiger charge is 2.39. The number of esters is 1. The van der Waals surface area contributed by atoms with Gasteiger partial charge in [0.05, 0.1) is 28.7 Å². The molecule has 0 aromatic heterocycles. The molecule has 0 aliphatic carbocycles. The minimum Gasteiger partial charge on any atom is -0.495 e. The van der Waals surface area contributed by atoms with Gasteiger partial charge in [0.2, 0.25) is 23.6 Å². The summed E-state index contributed by atoms with van der Waals surface area (Å²) >= 11 is 0. The van der Waals surface area contributed by atoms with Gasteiger partial charge in [-0.25, -0.2) is 0 Å². The summed E-state index contributed by atoms with van der Waals surface area (Å²) in [5, 5.41) is 16.3. The van der Waals surface area contributed by atoms with Crippen LogP contribution in [0.1, 0.15) is 149 Å². The lowest BCUT2D eigenvalue weighted by atomic mass is 9.91. The lowest BCUT2D eigenvalue weighted by Crippen LogP contribution is -2.49. The quantitative estimate of drug-likeness (QED) is 0.0294. The van der Waals surface area contributed by atoms with Crippen LogP contribution < -0.4 is 27.4 Å². The average Bonchev–Trinajstić information content (AvgIpc) is 3.23. The van der Waals surface area contributed by atoms with Crippen LogP contribution in [-0.2, 0) is 52.2 Å². The third-order valence-corrected chi connectivity index (χ3v) is 16.4. The number of alkyl halides is 3. The molecule has 0 aliphatic heterocycles. The summed E-state index contributed by atoms with van der Waals surface area (Å²) in [6.07, 6.45) is 0.0449. The number of amides is 4. The van der Waals surface area contributed by atoms with E-state index in [-0.39, 0.29) is 59.9 Å². The highest BCUT2D eigenvalue weighted by molar-refractivity contribution is 7.85. The van der Waals surface area contributed by atoms with Gasteiger partial charge < -0.3 is 45.8 Å². The number of hydrogen-bond acceptors (Lipinski definition) is 13. The van der Waals surface area contributed by atoms with Gasteiger partial charge >= 0.3 is 20.7 Å². The molecule has 0 bridgehead atoms. The zero-order chi connectivity index (χ0) is 58.0. The fourth-order valence-corrected chi connectivity index (χ4v) is 12.0. The van der Waals surface area contributed by atoms with Gasteiger partial charge in [0.1, 0.15) is 0 Å². The first-order valence-corrected chi connectivity index (χ1v) is 32.2. The molecule has 426 valence electrons. The van der Waals surface area contributed by atoms with Crippen molar-refractivity contribution in [2.24, 2.45) is 46.0 Å². The molecule has 24 heteroatoms. The van der Waals surface area contributed by atoms with Crippen LogP contribution >= 0.6 is 0 Å². The maximum absolute atomic E-state index is 11.9. The molecular formula is C47H100F3N5O13SSi2. The zero-order valence-electron chi connectivity index (χ0n) is 47.4. The molecule has 71 heavy (non-hydrogen) atoms. The molecule has 18 nitrogen and oxygen atoms in total. The number of hydrogen-bond donors (Lipinski definition) is 7. The Morgan fingerprint density at radius 2 is 1.01 bits per heavy atom. The first-order valence-electron chi connectivity index (χ1n) is 24.4. The van der Waals surface area contributed by atoms with Gasteiger partial charge in [-0.3, -0.25) is 33.3 Å². The molecule has 0 saturated heterocycles. The topological polar surface area (TPSA) is 293 Å². The zero-order valence-corrected chi connectivity index (χ0v) is 50.2. The minimum absolute atomic E-state index is 0.0160. The Morgan fingerprint density at radius 3 is 1.30 bits per heavy atom. The standard InChI is InChI=1S/C11H26O3Si2.C9H19NO4S.C8H13F3O2.C7H16N2O.C7H15NO2.C5H11NO/c1-9-11(2,3)10(12)13-16(7,8)14-15(4,5)6;1-5-7(2)8(11)10-9(3,4)6-15(12,13)14;1-4-7(2,3)6(12)13-5-8(9,10)11;1-3-6(2)7(10)9-5-4-8;1-3-6(2)7(10)8-4-5-9;1-3-4(2)5(6)7/h9H2,1-8H3;7H,5-6H2,1-4H3,(H,10,11)(H,12,13,14);4-5H2,1-3H3;6H,3-5,8H2,1-2H3,(H,9,10);6,9H,3-5H2,1-2H3,(H,8,10);4H,3H2,1-2H3,(H2,6,7). The van der Waals surface area contributed by atoms with Gasteiger partial charge in [0.25, 0.3) is 16.1 Å². The molecule has 0 heterocycles.